The van der Waals surface area contributed by atoms with Crippen LogP contribution in [0.1, 0.15) is 19.1 Å². The predicted molar refractivity (Wildman–Crippen MR) is 109 cm³/mol. The van der Waals surface area contributed by atoms with Crippen molar-refractivity contribution in [2.24, 2.45) is 0 Å². The quantitative estimate of drug-likeness (QED) is 0.267. The molecule has 1 fully saturated rings. The molecule has 0 aliphatic carbocycles. The summed E-state index contributed by atoms with van der Waals surface area (Å²) in [7, 11) is 0. The minimum Gasteiger partial charge on any atom is -0.457 e. The van der Waals surface area contributed by atoms with Crippen molar-refractivity contribution >= 4 is 61.9 Å². The number of hydrogen-bond acceptors (Lipinski definition) is 6. The van der Waals surface area contributed by atoms with Crippen molar-refractivity contribution in [3.05, 3.63) is 55.6 Å². The fraction of sp³-hybridized carbons (Fsp3) is 0.176. The van der Waals surface area contributed by atoms with Crippen LogP contribution in [0.5, 0.6) is 0 Å². The first-order chi connectivity index (χ1) is 12.4. The molecule has 0 spiro atoms. The second-order valence-corrected chi connectivity index (χ2v) is 7.99. The molecule has 6 nitrogen and oxygen atoms in total. The van der Waals surface area contributed by atoms with Crippen LogP contribution in [-0.2, 0) is 4.79 Å². The molecular weight excluding hydrogens is 440 g/mol. The highest BCUT2D eigenvalue weighted by atomic mass is 79.9. The van der Waals surface area contributed by atoms with E-state index in [4.69, 9.17) is 16.6 Å². The Hall–Kier alpha value is -1.97. The molecule has 0 atom stereocenters. The molecule has 1 aliphatic heterocycles. The van der Waals surface area contributed by atoms with Gasteiger partial charge < -0.3 is 4.42 Å². The third kappa shape index (κ3) is 3.74. The highest BCUT2D eigenvalue weighted by molar-refractivity contribution is 9.10. The number of nitro groups is 1. The van der Waals surface area contributed by atoms with Gasteiger partial charge in [-0.05, 0) is 40.5 Å². The molecule has 2 aromatic rings. The number of carbonyl (C=O) groups is 1. The zero-order chi connectivity index (χ0) is 18.8. The molecule has 1 amide bonds. The van der Waals surface area contributed by atoms with Gasteiger partial charge in [-0.2, -0.15) is 0 Å². The van der Waals surface area contributed by atoms with E-state index in [9.17, 15) is 14.9 Å². The smallest absolute Gasteiger partial charge is 0.270 e. The number of carbonyl (C=O) groups excluding carboxylic acids is 1. The van der Waals surface area contributed by atoms with E-state index in [1.807, 2.05) is 6.92 Å². The minimum atomic E-state index is -0.458. The summed E-state index contributed by atoms with van der Waals surface area (Å²) in [5.41, 5.74) is 0.681. The Bertz CT molecular complexity index is 939. The van der Waals surface area contributed by atoms with Crippen LogP contribution in [0.3, 0.4) is 0 Å². The first-order valence-corrected chi connectivity index (χ1v) is 9.72. The average molecular weight is 453 g/mol. The van der Waals surface area contributed by atoms with Gasteiger partial charge in [0.05, 0.1) is 9.83 Å². The summed E-state index contributed by atoms with van der Waals surface area (Å²) < 4.78 is 6.89. The van der Waals surface area contributed by atoms with Crippen molar-refractivity contribution < 1.29 is 14.1 Å². The first-order valence-electron chi connectivity index (χ1n) is 7.70. The highest BCUT2D eigenvalue weighted by Gasteiger charge is 2.31. The van der Waals surface area contributed by atoms with E-state index >= 15 is 0 Å². The van der Waals surface area contributed by atoms with Gasteiger partial charge in [-0.25, -0.2) is 0 Å². The fourth-order valence-corrected chi connectivity index (χ4v) is 4.29. The lowest BCUT2D eigenvalue weighted by molar-refractivity contribution is -0.384. The van der Waals surface area contributed by atoms with Crippen LogP contribution >= 0.6 is 39.9 Å². The zero-order valence-electron chi connectivity index (χ0n) is 13.6. The maximum Gasteiger partial charge on any atom is 0.270 e. The Balaban J connectivity index is 1.86. The van der Waals surface area contributed by atoms with Gasteiger partial charge in [0.15, 0.2) is 0 Å². The molecule has 9 heteroatoms. The van der Waals surface area contributed by atoms with Gasteiger partial charge in [-0.1, -0.05) is 30.9 Å². The number of thioether (sulfide) groups is 1. The van der Waals surface area contributed by atoms with E-state index in [2.05, 4.69) is 15.9 Å². The molecule has 0 saturated carbocycles. The molecule has 134 valence electrons. The largest absolute Gasteiger partial charge is 0.457 e. The molecular formula is C17H13BrN2O4S2. The van der Waals surface area contributed by atoms with Crippen LogP contribution in [0.2, 0.25) is 0 Å². The number of halogens is 1. The van der Waals surface area contributed by atoms with Crippen LogP contribution in [0.25, 0.3) is 17.4 Å². The van der Waals surface area contributed by atoms with E-state index in [-0.39, 0.29) is 11.6 Å². The number of thiocarbonyl (C=S) groups is 1. The van der Waals surface area contributed by atoms with Gasteiger partial charge in [0.1, 0.15) is 15.8 Å². The third-order valence-corrected chi connectivity index (χ3v) is 5.68. The number of non-ortho nitro benzene ring substituents is 1. The summed E-state index contributed by atoms with van der Waals surface area (Å²) in [6, 6.07) is 7.96. The summed E-state index contributed by atoms with van der Waals surface area (Å²) >= 11 is 9.83. The SMILES string of the molecule is CCCN1C(=O)/C(=C/c2ccc(-c3ccc([N+](=O)[O-])cc3Br)o2)SC1=S. The van der Waals surface area contributed by atoms with E-state index in [1.54, 1.807) is 29.2 Å². The number of rotatable bonds is 5. The van der Waals surface area contributed by atoms with Crippen LogP contribution in [0, 0.1) is 10.1 Å². The average Bonchev–Trinajstić information content (AvgIpc) is 3.15. The van der Waals surface area contributed by atoms with Crippen LogP contribution in [0.15, 0.2) is 44.1 Å². The first kappa shape index (κ1) is 18.8. The highest BCUT2D eigenvalue weighted by Crippen LogP contribution is 2.35. The number of nitro benzene ring substituents is 1. The monoisotopic (exact) mass is 452 g/mol. The normalized spacial score (nSPS) is 15.9. The third-order valence-electron chi connectivity index (χ3n) is 3.65. The molecule has 1 saturated heterocycles. The maximum absolute atomic E-state index is 12.4. The Morgan fingerprint density at radius 3 is 2.81 bits per heavy atom. The van der Waals surface area contributed by atoms with Gasteiger partial charge in [-0.15, -0.1) is 0 Å². The molecule has 2 heterocycles. The lowest BCUT2D eigenvalue weighted by Crippen LogP contribution is -2.28. The molecule has 26 heavy (non-hydrogen) atoms. The molecule has 0 N–H and O–H groups in total. The second-order valence-electron chi connectivity index (χ2n) is 5.46. The minimum absolute atomic E-state index is 0.00740. The number of amides is 1. The van der Waals surface area contributed by atoms with Crippen molar-refractivity contribution in [3.8, 4) is 11.3 Å². The Labute approximate surface area is 167 Å². The van der Waals surface area contributed by atoms with Crippen molar-refractivity contribution in [2.75, 3.05) is 6.54 Å². The van der Waals surface area contributed by atoms with Crippen molar-refractivity contribution in [2.45, 2.75) is 13.3 Å². The van der Waals surface area contributed by atoms with E-state index < -0.39 is 4.92 Å². The number of hydrogen-bond donors (Lipinski definition) is 0. The molecule has 1 aromatic carbocycles. The van der Waals surface area contributed by atoms with Crippen molar-refractivity contribution in [1.82, 2.24) is 4.90 Å². The van der Waals surface area contributed by atoms with Crippen molar-refractivity contribution in [3.63, 3.8) is 0 Å². The summed E-state index contributed by atoms with van der Waals surface area (Å²) in [6.07, 6.45) is 2.50. The topological polar surface area (TPSA) is 76.6 Å². The van der Waals surface area contributed by atoms with Crippen LogP contribution < -0.4 is 0 Å². The molecule has 0 unspecified atom stereocenters. The number of furan rings is 1. The lowest BCUT2D eigenvalue weighted by atomic mass is 10.1. The zero-order valence-corrected chi connectivity index (χ0v) is 16.8. The molecule has 0 radical (unpaired) electrons. The predicted octanol–water partition coefficient (Wildman–Crippen LogP) is 5.23. The van der Waals surface area contributed by atoms with E-state index in [1.165, 1.54) is 23.9 Å². The van der Waals surface area contributed by atoms with Gasteiger partial charge in [0.2, 0.25) is 0 Å². The van der Waals surface area contributed by atoms with Crippen molar-refractivity contribution in [1.29, 1.82) is 0 Å². The Morgan fingerprint density at radius 1 is 1.38 bits per heavy atom. The second kappa shape index (κ2) is 7.73. The van der Waals surface area contributed by atoms with Crippen LogP contribution in [0.4, 0.5) is 5.69 Å². The Morgan fingerprint density at radius 2 is 2.15 bits per heavy atom. The maximum atomic E-state index is 12.4. The van der Waals surface area contributed by atoms with Gasteiger partial charge in [-0.3, -0.25) is 19.8 Å². The molecule has 0 bridgehead atoms. The van der Waals surface area contributed by atoms with Crippen LogP contribution in [-0.4, -0.2) is 26.6 Å². The lowest BCUT2D eigenvalue weighted by Gasteiger charge is -2.11. The molecule has 1 aliphatic rings. The number of nitrogens with zero attached hydrogens (tertiary/aromatic N) is 2. The number of benzene rings is 1. The molecule has 1 aromatic heterocycles. The standard InChI is InChI=1S/C17H13BrN2O4S2/c1-2-7-19-16(21)15(26-17(19)25)9-11-4-6-14(24-11)12-5-3-10(20(22)23)8-13(12)18/h3-6,8-9H,2,7H2,1H3/b15-9-. The Kier molecular flexibility index (Phi) is 5.59. The fourth-order valence-electron chi connectivity index (χ4n) is 2.44. The van der Waals surface area contributed by atoms with Gasteiger partial charge in [0.25, 0.3) is 11.6 Å². The van der Waals surface area contributed by atoms with E-state index in [0.717, 1.165) is 6.42 Å². The van der Waals surface area contributed by atoms with Gasteiger partial charge >= 0.3 is 0 Å². The molecule has 3 rings (SSSR count). The summed E-state index contributed by atoms with van der Waals surface area (Å²) in [6.45, 7) is 2.59. The van der Waals surface area contributed by atoms with E-state index in [0.29, 0.717) is 37.3 Å². The summed E-state index contributed by atoms with van der Waals surface area (Å²) in [5, 5.41) is 10.8. The summed E-state index contributed by atoms with van der Waals surface area (Å²) in [4.78, 5) is 24.9. The van der Waals surface area contributed by atoms with Gasteiger partial charge in [0, 0.05) is 34.8 Å². The summed E-state index contributed by atoms with van der Waals surface area (Å²) in [5.74, 6) is 0.945.